The lowest BCUT2D eigenvalue weighted by Gasteiger charge is -2.45. The van der Waals surface area contributed by atoms with Crippen molar-refractivity contribution in [2.45, 2.75) is 51.0 Å². The van der Waals surface area contributed by atoms with Gasteiger partial charge in [0.05, 0.1) is 47.9 Å². The molecule has 1 unspecified atom stereocenters. The van der Waals surface area contributed by atoms with E-state index in [4.69, 9.17) is 4.74 Å². The fourth-order valence-corrected chi connectivity index (χ4v) is 4.47. The van der Waals surface area contributed by atoms with Gasteiger partial charge in [-0.1, -0.05) is 30.3 Å². The van der Waals surface area contributed by atoms with E-state index in [0.29, 0.717) is 22.9 Å². The molecule has 0 bridgehead atoms. The first-order chi connectivity index (χ1) is 17.8. The van der Waals surface area contributed by atoms with E-state index in [0.717, 1.165) is 12.1 Å². The smallest absolute Gasteiger partial charge is 0.416 e. The maximum absolute atomic E-state index is 13.5. The average Bonchev–Trinajstić information content (AvgIpc) is 2.84. The summed E-state index contributed by atoms with van der Waals surface area (Å²) < 4.78 is 86.3. The van der Waals surface area contributed by atoms with E-state index in [2.05, 4.69) is 4.98 Å². The van der Waals surface area contributed by atoms with Crippen molar-refractivity contribution in [2.75, 3.05) is 22.9 Å². The van der Waals surface area contributed by atoms with Gasteiger partial charge in [0.15, 0.2) is 6.10 Å². The van der Waals surface area contributed by atoms with E-state index in [1.165, 1.54) is 17.0 Å². The largest absolute Gasteiger partial charge is 0.475 e. The Morgan fingerprint density at radius 2 is 1.63 bits per heavy atom. The van der Waals surface area contributed by atoms with Gasteiger partial charge < -0.3 is 19.6 Å². The number of aliphatic hydroxyl groups excluding tert-OH is 1. The van der Waals surface area contributed by atoms with Gasteiger partial charge in [0.1, 0.15) is 0 Å². The molecule has 2 aromatic carbocycles. The Bertz CT molecular complexity index is 1250. The average molecular weight is 540 g/mol. The summed E-state index contributed by atoms with van der Waals surface area (Å²) in [7, 11) is 0. The lowest BCUT2D eigenvalue weighted by atomic mass is 9.97. The van der Waals surface area contributed by atoms with Crippen LogP contribution in [0.1, 0.15) is 36.7 Å². The van der Waals surface area contributed by atoms with Gasteiger partial charge in [0.25, 0.3) is 0 Å². The molecule has 1 N–H and O–H groups in total. The number of halogens is 6. The molecule has 0 spiro atoms. The number of hydrogen-bond donors (Lipinski definition) is 1. The molecular formula is C27H27F6N3O2. The van der Waals surface area contributed by atoms with Gasteiger partial charge in [-0.3, -0.25) is 0 Å². The SMILES string of the molecule is CC(C)Oc1cccc(CN2CC(c3cccc(C(F)(F)F)c3)N(C[C@@H](O)C(F)(F)F)c3ccccc32)n1. The van der Waals surface area contributed by atoms with E-state index in [1.54, 1.807) is 42.5 Å². The molecule has 0 saturated heterocycles. The molecule has 11 heteroatoms. The first-order valence-corrected chi connectivity index (χ1v) is 12.0. The highest BCUT2D eigenvalue weighted by molar-refractivity contribution is 5.74. The van der Waals surface area contributed by atoms with E-state index < -0.39 is 36.6 Å². The molecular weight excluding hydrogens is 512 g/mol. The van der Waals surface area contributed by atoms with E-state index in [9.17, 15) is 31.4 Å². The maximum atomic E-state index is 13.5. The molecule has 0 aliphatic carbocycles. The van der Waals surface area contributed by atoms with Crippen molar-refractivity contribution in [3.63, 3.8) is 0 Å². The zero-order valence-corrected chi connectivity index (χ0v) is 20.7. The first-order valence-electron chi connectivity index (χ1n) is 12.0. The van der Waals surface area contributed by atoms with Gasteiger partial charge in [0, 0.05) is 12.6 Å². The number of aromatic nitrogens is 1. The van der Waals surface area contributed by atoms with Crippen LogP contribution in [-0.2, 0) is 12.7 Å². The molecule has 0 amide bonds. The fraction of sp³-hybridized carbons (Fsp3) is 0.370. The summed E-state index contributed by atoms with van der Waals surface area (Å²) in [6.07, 6.45) is -12.3. The van der Waals surface area contributed by atoms with Crippen molar-refractivity contribution in [3.8, 4) is 5.88 Å². The van der Waals surface area contributed by atoms with Gasteiger partial charge >= 0.3 is 12.4 Å². The monoisotopic (exact) mass is 539 g/mol. The van der Waals surface area contributed by atoms with Gasteiger partial charge in [-0.25, -0.2) is 4.98 Å². The number of nitrogens with zero attached hydrogens (tertiary/aromatic N) is 3. The van der Waals surface area contributed by atoms with Crippen LogP contribution < -0.4 is 14.5 Å². The van der Waals surface area contributed by atoms with Gasteiger partial charge in [0.2, 0.25) is 5.88 Å². The second-order valence-corrected chi connectivity index (χ2v) is 9.35. The Kier molecular flexibility index (Phi) is 7.78. The van der Waals surface area contributed by atoms with Crippen LogP contribution in [0.2, 0.25) is 0 Å². The molecule has 3 aromatic rings. The summed E-state index contributed by atoms with van der Waals surface area (Å²) in [5.41, 5.74) is 0.820. The molecule has 1 aliphatic rings. The van der Waals surface area contributed by atoms with Crippen LogP contribution in [0.3, 0.4) is 0 Å². The van der Waals surface area contributed by atoms with Crippen LogP contribution in [0.4, 0.5) is 37.7 Å². The van der Waals surface area contributed by atoms with E-state index in [1.807, 2.05) is 18.7 Å². The number of pyridine rings is 1. The van der Waals surface area contributed by atoms with E-state index in [-0.39, 0.29) is 24.8 Å². The van der Waals surface area contributed by atoms with E-state index >= 15 is 0 Å². The topological polar surface area (TPSA) is 48.8 Å². The second kappa shape index (κ2) is 10.7. The first kappa shape index (κ1) is 27.6. The standard InChI is InChI=1S/C27H27F6N3O2/c1-17(2)38-25-12-6-9-20(34-25)14-35-15-23(18-7-5-8-19(13-18)26(28,29)30)36(16-24(37)27(31,32)33)22-11-4-3-10-21(22)35/h3-13,17,23-24,37H,14-16H2,1-2H3/t23?,24-/m1/s1. The summed E-state index contributed by atoms with van der Waals surface area (Å²) in [5.74, 6) is 0.409. The molecule has 1 aromatic heterocycles. The van der Waals surface area contributed by atoms with Crippen LogP contribution >= 0.6 is 0 Å². The van der Waals surface area contributed by atoms with Gasteiger partial charge in [-0.05, 0) is 49.7 Å². The molecule has 204 valence electrons. The number of ether oxygens (including phenoxy) is 1. The van der Waals surface area contributed by atoms with Crippen LogP contribution in [0.5, 0.6) is 5.88 Å². The minimum atomic E-state index is -4.90. The van der Waals surface area contributed by atoms with Crippen LogP contribution in [0.15, 0.2) is 66.7 Å². The third-order valence-corrected chi connectivity index (χ3v) is 6.14. The Balaban J connectivity index is 1.77. The molecule has 2 atom stereocenters. The van der Waals surface area contributed by atoms with Crippen LogP contribution in [-0.4, -0.2) is 41.6 Å². The lowest BCUT2D eigenvalue weighted by Crippen LogP contribution is -2.49. The summed E-state index contributed by atoms with van der Waals surface area (Å²) in [6, 6.07) is 15.5. The van der Waals surface area contributed by atoms with Crippen molar-refractivity contribution in [2.24, 2.45) is 0 Å². The molecule has 2 heterocycles. The number of anilines is 2. The third-order valence-electron chi connectivity index (χ3n) is 6.14. The van der Waals surface area contributed by atoms with Gasteiger partial charge in [-0.15, -0.1) is 0 Å². The van der Waals surface area contributed by atoms with Crippen molar-refractivity contribution < 1.29 is 36.2 Å². The molecule has 4 rings (SSSR count). The molecule has 1 aliphatic heterocycles. The Morgan fingerprint density at radius 3 is 2.29 bits per heavy atom. The number of hydrogen-bond acceptors (Lipinski definition) is 5. The molecule has 0 fully saturated rings. The number of rotatable bonds is 7. The summed E-state index contributed by atoms with van der Waals surface area (Å²) >= 11 is 0. The minimum absolute atomic E-state index is 0.0554. The van der Waals surface area contributed by atoms with Crippen LogP contribution in [0, 0.1) is 0 Å². The lowest BCUT2D eigenvalue weighted by molar-refractivity contribution is -0.200. The van der Waals surface area contributed by atoms with Crippen molar-refractivity contribution in [3.05, 3.63) is 83.6 Å². The number of para-hydroxylation sites is 2. The zero-order valence-electron chi connectivity index (χ0n) is 20.7. The Morgan fingerprint density at radius 1 is 0.947 bits per heavy atom. The molecule has 0 radical (unpaired) electrons. The van der Waals surface area contributed by atoms with Crippen LogP contribution in [0.25, 0.3) is 0 Å². The van der Waals surface area contributed by atoms with Crippen molar-refractivity contribution in [1.29, 1.82) is 0 Å². The second-order valence-electron chi connectivity index (χ2n) is 9.35. The highest BCUT2D eigenvalue weighted by Gasteiger charge is 2.43. The molecule has 5 nitrogen and oxygen atoms in total. The Hall–Kier alpha value is -3.47. The van der Waals surface area contributed by atoms with Crippen molar-refractivity contribution >= 4 is 11.4 Å². The molecule has 0 saturated carbocycles. The number of alkyl halides is 6. The number of benzene rings is 2. The maximum Gasteiger partial charge on any atom is 0.416 e. The quantitative estimate of drug-likeness (QED) is 0.353. The minimum Gasteiger partial charge on any atom is -0.475 e. The Labute approximate surface area is 216 Å². The summed E-state index contributed by atoms with van der Waals surface area (Å²) in [5, 5.41) is 9.93. The highest BCUT2D eigenvalue weighted by Crippen LogP contribution is 2.43. The predicted molar refractivity (Wildman–Crippen MR) is 131 cm³/mol. The summed E-state index contributed by atoms with van der Waals surface area (Å²) in [6.45, 7) is 3.17. The fourth-order valence-electron chi connectivity index (χ4n) is 4.47. The zero-order chi connectivity index (χ0) is 27.7. The third kappa shape index (κ3) is 6.32. The number of β-amino-alcohol motifs (C(OH)–C–C–N with tert-alkyl or cyclic N) is 1. The summed E-state index contributed by atoms with van der Waals surface area (Å²) in [4.78, 5) is 7.69. The van der Waals surface area contributed by atoms with Gasteiger partial charge in [-0.2, -0.15) is 26.3 Å². The number of fused-ring (bicyclic) bond motifs is 1. The highest BCUT2D eigenvalue weighted by atomic mass is 19.4. The normalized spacial score (nSPS) is 16.9. The number of aliphatic hydroxyl groups is 1. The van der Waals surface area contributed by atoms with Crippen molar-refractivity contribution in [1.82, 2.24) is 4.98 Å². The molecule has 38 heavy (non-hydrogen) atoms. The predicted octanol–water partition coefficient (Wildman–Crippen LogP) is 6.38.